The molecule has 20 heavy (non-hydrogen) atoms. The van der Waals surface area contributed by atoms with Gasteiger partial charge in [-0.05, 0) is 27.7 Å². The zero-order valence-corrected chi connectivity index (χ0v) is 13.7. The second-order valence-corrected chi connectivity index (χ2v) is 8.21. The molecule has 1 atom stereocenters. The van der Waals surface area contributed by atoms with Gasteiger partial charge in [0.15, 0.2) is 15.6 Å². The second-order valence-electron chi connectivity index (χ2n) is 5.61. The topological polar surface area (TPSA) is 99.2 Å². The average molecular weight is 304 g/mol. The van der Waals surface area contributed by atoms with Crippen LogP contribution in [0.5, 0.6) is 5.75 Å². The van der Waals surface area contributed by atoms with Gasteiger partial charge in [0.2, 0.25) is 0 Å². The van der Waals surface area contributed by atoms with E-state index < -0.39 is 20.6 Å². The van der Waals surface area contributed by atoms with Gasteiger partial charge in [-0.25, -0.2) is 13.8 Å². The van der Waals surface area contributed by atoms with Gasteiger partial charge in [-0.15, -0.1) is 0 Å². The third-order valence-electron chi connectivity index (χ3n) is 3.60. The van der Waals surface area contributed by atoms with Crippen LogP contribution in [0.3, 0.4) is 0 Å². The molecule has 0 amide bonds. The molecule has 116 valence electrons. The van der Waals surface area contributed by atoms with E-state index in [9.17, 15) is 8.42 Å². The third-order valence-corrected chi connectivity index (χ3v) is 5.75. The van der Waals surface area contributed by atoms with Gasteiger partial charge in [-0.3, -0.25) is 10.5 Å². The molecule has 1 aromatic rings. The number of methoxy groups -OCH3 is 1. The standard InChI is InChI=1S/C12H24N4O3S/c1-8(2)16-10(9(19-5)7-14-16)11(15-13)12(3,4)20(6,17)18/h7-8,11,15H,13H2,1-6H3. The van der Waals surface area contributed by atoms with Crippen LogP contribution in [0.2, 0.25) is 0 Å². The van der Waals surface area contributed by atoms with Crippen LogP contribution in [0.15, 0.2) is 6.20 Å². The Labute approximate surface area is 120 Å². The van der Waals surface area contributed by atoms with Crippen LogP contribution in [-0.4, -0.2) is 36.3 Å². The minimum absolute atomic E-state index is 0.0557. The van der Waals surface area contributed by atoms with E-state index >= 15 is 0 Å². The number of sulfone groups is 1. The number of rotatable bonds is 6. The van der Waals surface area contributed by atoms with Gasteiger partial charge >= 0.3 is 0 Å². The van der Waals surface area contributed by atoms with Crippen LogP contribution in [0, 0.1) is 0 Å². The minimum atomic E-state index is -3.35. The van der Waals surface area contributed by atoms with E-state index in [1.54, 1.807) is 24.7 Å². The summed E-state index contributed by atoms with van der Waals surface area (Å²) in [5.41, 5.74) is 3.23. The van der Waals surface area contributed by atoms with Crippen molar-refractivity contribution in [1.82, 2.24) is 15.2 Å². The molecule has 0 aliphatic rings. The highest BCUT2D eigenvalue weighted by Gasteiger charge is 2.43. The number of nitrogens with zero attached hydrogens (tertiary/aromatic N) is 2. The van der Waals surface area contributed by atoms with Gasteiger partial charge in [0, 0.05) is 12.3 Å². The Bertz CT molecular complexity index is 563. The number of ether oxygens (including phenoxy) is 1. The second kappa shape index (κ2) is 5.71. The highest BCUT2D eigenvalue weighted by Crippen LogP contribution is 2.37. The van der Waals surface area contributed by atoms with Crippen molar-refractivity contribution in [2.24, 2.45) is 5.84 Å². The molecule has 0 aromatic carbocycles. The number of aromatic nitrogens is 2. The van der Waals surface area contributed by atoms with Gasteiger partial charge in [0.05, 0.1) is 24.1 Å². The van der Waals surface area contributed by atoms with Gasteiger partial charge < -0.3 is 4.74 Å². The zero-order chi connectivity index (χ0) is 15.7. The highest BCUT2D eigenvalue weighted by atomic mass is 32.2. The van der Waals surface area contributed by atoms with Crippen molar-refractivity contribution in [3.8, 4) is 5.75 Å². The van der Waals surface area contributed by atoms with E-state index in [1.807, 2.05) is 13.8 Å². The molecule has 1 heterocycles. The van der Waals surface area contributed by atoms with Crippen molar-refractivity contribution in [2.75, 3.05) is 13.4 Å². The number of hydrogen-bond donors (Lipinski definition) is 2. The molecule has 0 radical (unpaired) electrons. The fraction of sp³-hybridized carbons (Fsp3) is 0.750. The third kappa shape index (κ3) is 2.82. The fourth-order valence-corrected chi connectivity index (χ4v) is 2.63. The Kier molecular flexibility index (Phi) is 4.83. The van der Waals surface area contributed by atoms with E-state index in [0.717, 1.165) is 0 Å². The summed E-state index contributed by atoms with van der Waals surface area (Å²) in [5, 5.41) is 4.25. The number of hydrazine groups is 1. The first-order valence-electron chi connectivity index (χ1n) is 6.35. The van der Waals surface area contributed by atoms with E-state index in [2.05, 4.69) is 10.5 Å². The molecule has 0 aliphatic heterocycles. The maximum absolute atomic E-state index is 12.1. The summed E-state index contributed by atoms with van der Waals surface area (Å²) in [6.07, 6.45) is 2.76. The lowest BCUT2D eigenvalue weighted by molar-refractivity contribution is 0.354. The number of hydrogen-bond acceptors (Lipinski definition) is 6. The Balaban J connectivity index is 3.50. The van der Waals surface area contributed by atoms with Crippen LogP contribution < -0.4 is 16.0 Å². The van der Waals surface area contributed by atoms with Crippen molar-refractivity contribution in [3.05, 3.63) is 11.9 Å². The molecule has 0 spiro atoms. The van der Waals surface area contributed by atoms with Crippen LogP contribution in [0.1, 0.15) is 45.5 Å². The smallest absolute Gasteiger partial charge is 0.161 e. The van der Waals surface area contributed by atoms with Crippen LogP contribution in [-0.2, 0) is 9.84 Å². The highest BCUT2D eigenvalue weighted by molar-refractivity contribution is 7.92. The molecule has 1 aromatic heterocycles. The van der Waals surface area contributed by atoms with Crippen molar-refractivity contribution in [2.45, 2.75) is 44.5 Å². The van der Waals surface area contributed by atoms with E-state index in [0.29, 0.717) is 11.4 Å². The molecule has 0 saturated carbocycles. The van der Waals surface area contributed by atoms with Crippen molar-refractivity contribution in [3.63, 3.8) is 0 Å². The summed E-state index contributed by atoms with van der Waals surface area (Å²) in [6, 6.07) is -0.586. The van der Waals surface area contributed by atoms with Crippen LogP contribution in [0.25, 0.3) is 0 Å². The summed E-state index contributed by atoms with van der Waals surface area (Å²) < 4.78 is 30.0. The Hall–Kier alpha value is -1.12. The van der Waals surface area contributed by atoms with E-state index in [1.165, 1.54) is 13.4 Å². The molecule has 0 aliphatic carbocycles. The molecule has 7 nitrogen and oxygen atoms in total. The molecule has 0 bridgehead atoms. The Morgan fingerprint density at radius 1 is 1.45 bits per heavy atom. The SMILES string of the molecule is COc1cnn(C(C)C)c1C(NN)C(C)(C)S(C)(=O)=O. The normalized spacial score (nSPS) is 14.6. The van der Waals surface area contributed by atoms with Crippen LogP contribution in [0.4, 0.5) is 0 Å². The lowest BCUT2D eigenvalue weighted by Crippen LogP contribution is -2.48. The molecular weight excluding hydrogens is 280 g/mol. The maximum atomic E-state index is 12.1. The first kappa shape index (κ1) is 16.9. The number of nitrogens with two attached hydrogens (primary N) is 1. The van der Waals surface area contributed by atoms with Gasteiger partial charge in [-0.2, -0.15) is 5.10 Å². The predicted octanol–water partition coefficient (Wildman–Crippen LogP) is 0.800. The fourth-order valence-electron chi connectivity index (χ4n) is 2.02. The van der Waals surface area contributed by atoms with E-state index in [4.69, 9.17) is 10.6 Å². The minimum Gasteiger partial charge on any atom is -0.493 e. The first-order valence-corrected chi connectivity index (χ1v) is 8.24. The van der Waals surface area contributed by atoms with Crippen molar-refractivity contribution < 1.29 is 13.2 Å². The van der Waals surface area contributed by atoms with Crippen LogP contribution >= 0.6 is 0 Å². The molecular formula is C12H24N4O3S. The maximum Gasteiger partial charge on any atom is 0.161 e. The molecule has 0 fully saturated rings. The molecule has 0 saturated heterocycles. The lowest BCUT2D eigenvalue weighted by Gasteiger charge is -2.33. The molecule has 8 heteroatoms. The van der Waals surface area contributed by atoms with Gasteiger partial charge in [-0.1, -0.05) is 0 Å². The monoisotopic (exact) mass is 304 g/mol. The molecule has 1 rings (SSSR count). The summed E-state index contributed by atoms with van der Waals surface area (Å²) in [6.45, 7) is 7.17. The summed E-state index contributed by atoms with van der Waals surface area (Å²) >= 11 is 0. The van der Waals surface area contributed by atoms with Gasteiger partial charge in [0.25, 0.3) is 0 Å². The van der Waals surface area contributed by atoms with E-state index in [-0.39, 0.29) is 6.04 Å². The molecule has 3 N–H and O–H groups in total. The summed E-state index contributed by atoms with van der Waals surface area (Å²) in [4.78, 5) is 0. The Morgan fingerprint density at radius 2 is 2.00 bits per heavy atom. The van der Waals surface area contributed by atoms with Gasteiger partial charge in [0.1, 0.15) is 5.69 Å². The largest absolute Gasteiger partial charge is 0.493 e. The number of nitrogens with one attached hydrogen (secondary N) is 1. The molecule has 1 unspecified atom stereocenters. The van der Waals surface area contributed by atoms with Crippen molar-refractivity contribution in [1.29, 1.82) is 0 Å². The predicted molar refractivity (Wildman–Crippen MR) is 78.2 cm³/mol. The quantitative estimate of drug-likeness (QED) is 0.596. The van der Waals surface area contributed by atoms with Crippen molar-refractivity contribution >= 4 is 9.84 Å². The lowest BCUT2D eigenvalue weighted by atomic mass is 9.99. The zero-order valence-electron chi connectivity index (χ0n) is 12.8. The first-order chi connectivity index (χ1) is 9.07. The summed E-state index contributed by atoms with van der Waals surface area (Å²) in [5.74, 6) is 6.14. The Morgan fingerprint density at radius 3 is 2.35 bits per heavy atom. The summed E-state index contributed by atoms with van der Waals surface area (Å²) in [7, 11) is -1.83. The average Bonchev–Trinajstić information content (AvgIpc) is 2.72.